The second kappa shape index (κ2) is 4.43. The number of halogens is 3. The zero-order valence-corrected chi connectivity index (χ0v) is 10.6. The highest BCUT2D eigenvalue weighted by Gasteiger charge is 2.10. The molecular formula is C6H3BrClIN2O2. The number of hydrazine groups is 1. The lowest BCUT2D eigenvalue weighted by molar-refractivity contribution is -0.445. The Hall–Kier alpha value is -0.0800. The number of hydrogen-bond donors (Lipinski definition) is 1. The van der Waals surface area contributed by atoms with Gasteiger partial charge in [0.05, 0.1) is 5.02 Å². The summed E-state index contributed by atoms with van der Waals surface area (Å²) in [5.74, 6) is 0. The molecule has 0 saturated heterocycles. The van der Waals surface area contributed by atoms with Crippen LogP contribution in [0.25, 0.3) is 0 Å². The molecule has 0 aliphatic carbocycles. The summed E-state index contributed by atoms with van der Waals surface area (Å²) in [5.41, 5.74) is 2.35. The molecule has 0 aliphatic heterocycles. The van der Waals surface area contributed by atoms with Crippen LogP contribution in [0.5, 0.6) is 0 Å². The highest BCUT2D eigenvalue weighted by Crippen LogP contribution is 2.31. The lowest BCUT2D eigenvalue weighted by Gasteiger charge is -2.03. The van der Waals surface area contributed by atoms with E-state index in [2.05, 4.69) is 15.9 Å². The molecule has 7 heteroatoms. The van der Waals surface area contributed by atoms with Gasteiger partial charge in [-0.1, -0.05) is 27.5 Å². The quantitative estimate of drug-likeness (QED) is 0.489. The first-order valence-electron chi connectivity index (χ1n) is 3.06. The fourth-order valence-electron chi connectivity index (χ4n) is 0.740. The van der Waals surface area contributed by atoms with Gasteiger partial charge in [-0.3, -0.25) is 0 Å². The number of nitro groups is 1. The average molecular weight is 377 g/mol. The van der Waals surface area contributed by atoms with Gasteiger partial charge < -0.3 is 0 Å². The molecule has 0 atom stereocenters. The molecule has 0 bridgehead atoms. The Morgan fingerprint density at radius 3 is 2.69 bits per heavy atom. The molecule has 0 aliphatic rings. The molecule has 0 radical (unpaired) electrons. The fourth-order valence-corrected chi connectivity index (χ4v) is 2.93. The number of benzene rings is 1. The van der Waals surface area contributed by atoms with Crippen LogP contribution >= 0.6 is 50.1 Å². The van der Waals surface area contributed by atoms with Gasteiger partial charge in [-0.25, -0.2) is 10.1 Å². The molecule has 0 spiro atoms. The second-order valence-corrected chi connectivity index (χ2v) is 4.60. The summed E-state index contributed by atoms with van der Waals surface area (Å²) in [6.07, 6.45) is 0. The second-order valence-electron chi connectivity index (χ2n) is 2.11. The van der Waals surface area contributed by atoms with E-state index in [0.717, 1.165) is 4.47 Å². The molecule has 0 unspecified atom stereocenters. The summed E-state index contributed by atoms with van der Waals surface area (Å²) >= 11 is 11.0. The lowest BCUT2D eigenvalue weighted by Crippen LogP contribution is -2.09. The van der Waals surface area contributed by atoms with Gasteiger partial charge in [0.1, 0.15) is 5.69 Å². The summed E-state index contributed by atoms with van der Waals surface area (Å²) in [6.45, 7) is 0. The van der Waals surface area contributed by atoms with Crippen molar-refractivity contribution in [3.8, 4) is 0 Å². The minimum absolute atomic E-state index is 0.315. The largest absolute Gasteiger partial charge is 0.235 e. The molecule has 1 aromatic carbocycles. The van der Waals surface area contributed by atoms with E-state index >= 15 is 0 Å². The Bertz CT molecular complexity index is 337. The van der Waals surface area contributed by atoms with Crippen LogP contribution in [0.3, 0.4) is 0 Å². The van der Waals surface area contributed by atoms with Crippen LogP contribution in [0.4, 0.5) is 5.69 Å². The van der Waals surface area contributed by atoms with Crippen LogP contribution in [-0.4, -0.2) is 5.03 Å². The van der Waals surface area contributed by atoms with Gasteiger partial charge in [0.15, 0.2) is 5.03 Å². The van der Waals surface area contributed by atoms with Crippen molar-refractivity contribution in [2.75, 3.05) is 5.43 Å². The number of hydrogen-bond acceptors (Lipinski definition) is 2. The number of rotatable bonds is 2. The van der Waals surface area contributed by atoms with E-state index in [1.54, 1.807) is 12.1 Å². The molecule has 0 aromatic heterocycles. The standard InChI is InChI=1S/C6H3BrClIN2O2/c7-3-1-4(8)6(5(9)2-3)10-11(12)13/h1-2,10H. The molecule has 70 valence electrons. The van der Waals surface area contributed by atoms with Crippen molar-refractivity contribution < 1.29 is 5.03 Å². The summed E-state index contributed by atoms with van der Waals surface area (Å²) in [6, 6.07) is 3.33. The van der Waals surface area contributed by atoms with Crippen molar-refractivity contribution in [2.24, 2.45) is 0 Å². The van der Waals surface area contributed by atoms with Crippen LogP contribution in [0.1, 0.15) is 0 Å². The van der Waals surface area contributed by atoms with E-state index < -0.39 is 5.03 Å². The van der Waals surface area contributed by atoms with Crippen LogP contribution < -0.4 is 5.43 Å². The first-order chi connectivity index (χ1) is 6.00. The van der Waals surface area contributed by atoms with Crippen LogP contribution in [-0.2, 0) is 0 Å². The minimum atomic E-state index is -0.642. The summed E-state index contributed by atoms with van der Waals surface area (Å²) < 4.78 is 1.48. The van der Waals surface area contributed by atoms with Crippen molar-refractivity contribution in [3.63, 3.8) is 0 Å². The van der Waals surface area contributed by atoms with Crippen molar-refractivity contribution >= 4 is 55.8 Å². The highest BCUT2D eigenvalue weighted by molar-refractivity contribution is 14.1. The normalized spacial score (nSPS) is 9.77. The van der Waals surface area contributed by atoms with E-state index in [9.17, 15) is 10.1 Å². The molecule has 13 heavy (non-hydrogen) atoms. The fraction of sp³-hybridized carbons (Fsp3) is 0. The monoisotopic (exact) mass is 376 g/mol. The average Bonchev–Trinajstić information content (AvgIpc) is 1.96. The maximum absolute atomic E-state index is 10.2. The topological polar surface area (TPSA) is 55.2 Å². The first-order valence-corrected chi connectivity index (χ1v) is 5.31. The zero-order valence-electron chi connectivity index (χ0n) is 6.05. The van der Waals surface area contributed by atoms with Crippen LogP contribution in [0, 0.1) is 13.7 Å². The summed E-state index contributed by atoms with van der Waals surface area (Å²) in [5, 5.41) is 9.85. The Morgan fingerprint density at radius 1 is 1.62 bits per heavy atom. The van der Waals surface area contributed by atoms with Gasteiger partial charge in [0.25, 0.3) is 0 Å². The van der Waals surface area contributed by atoms with Gasteiger partial charge in [-0.05, 0) is 34.7 Å². The van der Waals surface area contributed by atoms with E-state index in [0.29, 0.717) is 14.3 Å². The summed E-state index contributed by atoms with van der Waals surface area (Å²) in [7, 11) is 0. The highest BCUT2D eigenvalue weighted by atomic mass is 127. The van der Waals surface area contributed by atoms with Crippen molar-refractivity contribution in [2.45, 2.75) is 0 Å². The Labute approximate surface area is 101 Å². The Kier molecular flexibility index (Phi) is 3.74. The third-order valence-electron chi connectivity index (χ3n) is 1.21. The van der Waals surface area contributed by atoms with Crippen LogP contribution in [0.2, 0.25) is 5.02 Å². The van der Waals surface area contributed by atoms with E-state index in [4.69, 9.17) is 11.6 Å². The molecular weight excluding hydrogens is 374 g/mol. The Balaban J connectivity index is 3.13. The van der Waals surface area contributed by atoms with Gasteiger partial charge in [0.2, 0.25) is 0 Å². The summed E-state index contributed by atoms with van der Waals surface area (Å²) in [4.78, 5) is 10.2. The molecule has 1 N–H and O–H groups in total. The maximum Gasteiger partial charge on any atom is 0.162 e. The number of nitrogens with zero attached hydrogens (tertiary/aromatic N) is 1. The van der Waals surface area contributed by atoms with Gasteiger partial charge >= 0.3 is 0 Å². The molecule has 0 heterocycles. The zero-order chi connectivity index (χ0) is 10.0. The van der Waals surface area contributed by atoms with E-state index in [-0.39, 0.29) is 0 Å². The van der Waals surface area contributed by atoms with Gasteiger partial charge in [0, 0.05) is 8.04 Å². The Morgan fingerprint density at radius 2 is 2.23 bits per heavy atom. The minimum Gasteiger partial charge on any atom is -0.235 e. The first kappa shape index (κ1) is 11.0. The maximum atomic E-state index is 10.2. The molecule has 0 fully saturated rings. The van der Waals surface area contributed by atoms with Crippen molar-refractivity contribution in [1.82, 2.24) is 0 Å². The predicted octanol–water partition coefficient (Wildman–Crippen LogP) is 3.31. The molecule has 4 nitrogen and oxygen atoms in total. The number of anilines is 1. The molecule has 0 saturated carbocycles. The smallest absolute Gasteiger partial charge is 0.162 e. The molecule has 1 aromatic rings. The molecule has 1 rings (SSSR count). The van der Waals surface area contributed by atoms with Crippen molar-refractivity contribution in [1.29, 1.82) is 0 Å². The number of nitrogens with one attached hydrogen (secondary N) is 1. The predicted molar refractivity (Wildman–Crippen MR) is 62.5 cm³/mol. The molecule has 0 amide bonds. The van der Waals surface area contributed by atoms with Gasteiger partial charge in [-0.2, -0.15) is 0 Å². The van der Waals surface area contributed by atoms with E-state index in [1.165, 1.54) is 0 Å². The lowest BCUT2D eigenvalue weighted by atomic mass is 10.3. The van der Waals surface area contributed by atoms with Crippen LogP contribution in [0.15, 0.2) is 16.6 Å². The van der Waals surface area contributed by atoms with E-state index in [1.807, 2.05) is 28.0 Å². The van der Waals surface area contributed by atoms with Gasteiger partial charge in [-0.15, -0.1) is 5.43 Å². The van der Waals surface area contributed by atoms with Crippen molar-refractivity contribution in [3.05, 3.63) is 35.3 Å². The third kappa shape index (κ3) is 2.96. The third-order valence-corrected chi connectivity index (χ3v) is 2.82. The SMILES string of the molecule is O=[N+]([O-])Nc1c(Cl)cc(Br)cc1I.